The first kappa shape index (κ1) is 20.7. The van der Waals surface area contributed by atoms with Gasteiger partial charge in [-0.1, -0.05) is 48.5 Å². The highest BCUT2D eigenvalue weighted by Gasteiger charge is 2.52. The number of carbonyl (C=O) groups excluding carboxylic acids is 2. The number of hydrogen-bond donors (Lipinski definition) is 3. The Bertz CT molecular complexity index is 1220. The Morgan fingerprint density at radius 1 is 1.00 bits per heavy atom. The van der Waals surface area contributed by atoms with Gasteiger partial charge in [0.2, 0.25) is 5.91 Å². The van der Waals surface area contributed by atoms with E-state index in [1.807, 2.05) is 36.4 Å². The molecule has 2 aromatic carbocycles. The lowest BCUT2D eigenvalue weighted by Gasteiger charge is -2.19. The molecule has 1 saturated carbocycles. The molecule has 0 atom stereocenters. The molecule has 0 aliphatic heterocycles. The number of benzene rings is 2. The van der Waals surface area contributed by atoms with Crippen LogP contribution in [0.15, 0.2) is 67.0 Å². The number of fused-ring (bicyclic) bond motifs is 3. The van der Waals surface area contributed by atoms with Gasteiger partial charge in [-0.05, 0) is 41.2 Å². The van der Waals surface area contributed by atoms with Crippen molar-refractivity contribution in [2.24, 2.45) is 0 Å². The van der Waals surface area contributed by atoms with Crippen LogP contribution < -0.4 is 10.6 Å². The average molecular weight is 443 g/mol. The fraction of sp³-hybridized carbons (Fsp3) is 0.200. The molecule has 1 aromatic heterocycles. The van der Waals surface area contributed by atoms with Crippen molar-refractivity contribution in [3.05, 3.63) is 83.7 Å². The van der Waals surface area contributed by atoms with Gasteiger partial charge in [-0.2, -0.15) is 0 Å². The molecular weight excluding hydrogens is 422 g/mol. The molecule has 8 nitrogen and oxygen atoms in total. The number of carboxylic acids is 1. The second-order valence-corrected chi connectivity index (χ2v) is 8.25. The molecule has 2 aliphatic rings. The van der Waals surface area contributed by atoms with Crippen LogP contribution in [0, 0.1) is 0 Å². The standard InChI is InChI=1S/C25H21N3O5/c29-22(30)15-11-16(13-26-12-15)27-23(31)25(9-10-25)28-24(32)33-14-21-19-7-3-1-5-17(19)18-6-2-4-8-20(18)21/h1-8,11-13,21H,9-10,14H2,(H,27,31)(H,28,32)(H,29,30). The van der Waals surface area contributed by atoms with E-state index in [1.54, 1.807) is 0 Å². The monoisotopic (exact) mass is 443 g/mol. The van der Waals surface area contributed by atoms with Gasteiger partial charge in [0.25, 0.3) is 0 Å². The highest BCUT2D eigenvalue weighted by molar-refractivity contribution is 6.02. The maximum absolute atomic E-state index is 12.7. The van der Waals surface area contributed by atoms with Crippen molar-refractivity contribution < 1.29 is 24.2 Å². The summed E-state index contributed by atoms with van der Waals surface area (Å²) in [5.74, 6) is -1.64. The van der Waals surface area contributed by atoms with E-state index in [9.17, 15) is 14.4 Å². The van der Waals surface area contributed by atoms with Crippen LogP contribution in [0.2, 0.25) is 0 Å². The maximum Gasteiger partial charge on any atom is 0.408 e. The van der Waals surface area contributed by atoms with Gasteiger partial charge in [-0.15, -0.1) is 0 Å². The Hall–Kier alpha value is -4.20. The molecular formula is C25H21N3O5. The normalized spacial score (nSPS) is 15.2. The van der Waals surface area contributed by atoms with Crippen LogP contribution in [0.4, 0.5) is 10.5 Å². The van der Waals surface area contributed by atoms with Crippen LogP contribution in [-0.4, -0.2) is 40.2 Å². The summed E-state index contributed by atoms with van der Waals surface area (Å²) in [6.45, 7) is 0.155. The molecule has 0 unspecified atom stereocenters. The van der Waals surface area contributed by atoms with Crippen molar-refractivity contribution in [1.82, 2.24) is 10.3 Å². The number of hydrogen-bond acceptors (Lipinski definition) is 5. The Kier molecular flexibility index (Phi) is 5.05. The molecule has 1 heterocycles. The fourth-order valence-electron chi connectivity index (χ4n) is 4.24. The van der Waals surface area contributed by atoms with E-state index < -0.39 is 23.5 Å². The summed E-state index contributed by atoms with van der Waals surface area (Å²) < 4.78 is 5.55. The predicted octanol–water partition coefficient (Wildman–Crippen LogP) is 3.79. The van der Waals surface area contributed by atoms with E-state index >= 15 is 0 Å². The molecule has 166 valence electrons. The van der Waals surface area contributed by atoms with Gasteiger partial charge in [0.15, 0.2) is 0 Å². The summed E-state index contributed by atoms with van der Waals surface area (Å²) in [4.78, 5) is 40.2. The summed E-state index contributed by atoms with van der Waals surface area (Å²) >= 11 is 0. The summed E-state index contributed by atoms with van der Waals surface area (Å²) in [7, 11) is 0. The van der Waals surface area contributed by atoms with Gasteiger partial charge in [-0.25, -0.2) is 9.59 Å². The van der Waals surface area contributed by atoms with Gasteiger partial charge >= 0.3 is 12.1 Å². The van der Waals surface area contributed by atoms with Gasteiger partial charge in [-0.3, -0.25) is 9.78 Å². The van der Waals surface area contributed by atoms with Crippen molar-refractivity contribution >= 4 is 23.7 Å². The number of ether oxygens (including phenoxy) is 1. The molecule has 2 aliphatic carbocycles. The maximum atomic E-state index is 12.7. The van der Waals surface area contributed by atoms with E-state index in [1.165, 1.54) is 18.5 Å². The van der Waals surface area contributed by atoms with Gasteiger partial charge in [0, 0.05) is 12.1 Å². The predicted molar refractivity (Wildman–Crippen MR) is 120 cm³/mol. The zero-order chi connectivity index (χ0) is 23.0. The topological polar surface area (TPSA) is 118 Å². The van der Waals surface area contributed by atoms with Crippen molar-refractivity contribution in [2.45, 2.75) is 24.3 Å². The first-order valence-corrected chi connectivity index (χ1v) is 10.6. The second-order valence-electron chi connectivity index (χ2n) is 8.25. The number of aromatic carboxylic acids is 1. The Morgan fingerprint density at radius 2 is 1.64 bits per heavy atom. The van der Waals surface area contributed by atoms with Crippen molar-refractivity contribution in [1.29, 1.82) is 0 Å². The van der Waals surface area contributed by atoms with Gasteiger partial charge in [0.1, 0.15) is 12.1 Å². The van der Waals surface area contributed by atoms with Crippen LogP contribution in [0.3, 0.4) is 0 Å². The number of rotatable bonds is 6. The van der Waals surface area contributed by atoms with Crippen LogP contribution in [0.1, 0.15) is 40.2 Å². The van der Waals surface area contributed by atoms with Crippen LogP contribution >= 0.6 is 0 Å². The van der Waals surface area contributed by atoms with E-state index in [4.69, 9.17) is 9.84 Å². The Morgan fingerprint density at radius 3 is 2.24 bits per heavy atom. The van der Waals surface area contributed by atoms with Crippen molar-refractivity contribution in [2.75, 3.05) is 11.9 Å². The van der Waals surface area contributed by atoms with E-state index in [0.717, 1.165) is 22.3 Å². The van der Waals surface area contributed by atoms with Crippen molar-refractivity contribution in [3.63, 3.8) is 0 Å². The molecule has 3 aromatic rings. The second kappa shape index (κ2) is 8.05. The molecule has 2 amide bonds. The largest absolute Gasteiger partial charge is 0.478 e. The number of nitrogens with zero attached hydrogens (tertiary/aromatic N) is 1. The zero-order valence-corrected chi connectivity index (χ0v) is 17.6. The number of alkyl carbamates (subject to hydrolysis) is 1. The fourth-order valence-corrected chi connectivity index (χ4v) is 4.24. The number of aromatic nitrogens is 1. The third-order valence-corrected chi connectivity index (χ3v) is 6.11. The molecule has 3 N–H and O–H groups in total. The summed E-state index contributed by atoms with van der Waals surface area (Å²) in [5.41, 5.74) is 3.63. The highest BCUT2D eigenvalue weighted by Crippen LogP contribution is 2.44. The minimum absolute atomic E-state index is 0.0397. The van der Waals surface area contributed by atoms with E-state index in [0.29, 0.717) is 12.8 Å². The van der Waals surface area contributed by atoms with E-state index in [-0.39, 0.29) is 23.8 Å². The number of nitrogens with one attached hydrogen (secondary N) is 2. The number of carboxylic acid groups (broad SMARTS) is 1. The lowest BCUT2D eigenvalue weighted by molar-refractivity contribution is -0.119. The third-order valence-electron chi connectivity index (χ3n) is 6.11. The SMILES string of the molecule is O=C(NC1(C(=O)Nc2cncc(C(=O)O)c2)CC1)OCC1c2ccccc2-c2ccccc21. The molecule has 0 spiro atoms. The van der Waals surface area contributed by atoms with E-state index in [2.05, 4.69) is 27.8 Å². The van der Waals surface area contributed by atoms with Gasteiger partial charge < -0.3 is 20.5 Å². The summed E-state index contributed by atoms with van der Waals surface area (Å²) in [6, 6.07) is 17.4. The first-order chi connectivity index (χ1) is 16.0. The minimum Gasteiger partial charge on any atom is -0.478 e. The number of anilines is 1. The molecule has 5 rings (SSSR count). The number of carbonyl (C=O) groups is 3. The quantitative estimate of drug-likeness (QED) is 0.534. The molecule has 0 radical (unpaired) electrons. The lowest BCUT2D eigenvalue weighted by Crippen LogP contribution is -2.46. The van der Waals surface area contributed by atoms with Gasteiger partial charge in [0.05, 0.1) is 17.4 Å². The molecule has 1 fully saturated rings. The summed E-state index contributed by atoms with van der Waals surface area (Å²) in [5, 5.41) is 14.4. The van der Waals surface area contributed by atoms with Crippen LogP contribution in [0.25, 0.3) is 11.1 Å². The smallest absolute Gasteiger partial charge is 0.408 e. The highest BCUT2D eigenvalue weighted by atomic mass is 16.5. The zero-order valence-electron chi connectivity index (χ0n) is 17.6. The van der Waals surface area contributed by atoms with Crippen molar-refractivity contribution in [3.8, 4) is 11.1 Å². The lowest BCUT2D eigenvalue weighted by atomic mass is 9.98. The summed E-state index contributed by atoms with van der Waals surface area (Å²) in [6.07, 6.45) is 2.82. The minimum atomic E-state index is -1.14. The third kappa shape index (κ3) is 3.91. The number of amides is 2. The number of pyridine rings is 1. The molecule has 0 bridgehead atoms. The Labute approximate surface area is 189 Å². The average Bonchev–Trinajstić information content (AvgIpc) is 3.53. The molecule has 0 saturated heterocycles. The molecule has 33 heavy (non-hydrogen) atoms. The first-order valence-electron chi connectivity index (χ1n) is 10.6. The Balaban J connectivity index is 1.23. The molecule has 8 heteroatoms. The van der Waals surface area contributed by atoms with Crippen LogP contribution in [0.5, 0.6) is 0 Å². The van der Waals surface area contributed by atoms with Crippen LogP contribution in [-0.2, 0) is 9.53 Å².